The topological polar surface area (TPSA) is 54.2 Å². The molecular weight excluding hydrogens is 176 g/mol. The van der Waals surface area contributed by atoms with Crippen molar-refractivity contribution >= 4 is 5.82 Å². The van der Waals surface area contributed by atoms with Crippen LogP contribution in [0.5, 0.6) is 0 Å². The van der Waals surface area contributed by atoms with Crippen molar-refractivity contribution in [1.29, 1.82) is 0 Å². The van der Waals surface area contributed by atoms with Crippen molar-refractivity contribution in [1.82, 2.24) is 9.88 Å². The molecule has 0 aliphatic carbocycles. The quantitative estimate of drug-likeness (QED) is 0.717. The Bertz CT molecular complexity index is 255. The summed E-state index contributed by atoms with van der Waals surface area (Å²) in [7, 11) is 4.10. The van der Waals surface area contributed by atoms with Gasteiger partial charge in [0.1, 0.15) is 5.82 Å². The second kappa shape index (κ2) is 5.57. The molecule has 0 spiro atoms. The van der Waals surface area contributed by atoms with Crippen molar-refractivity contribution in [3.63, 3.8) is 0 Å². The Morgan fingerprint density at radius 1 is 1.43 bits per heavy atom. The van der Waals surface area contributed by atoms with E-state index in [4.69, 9.17) is 5.73 Å². The minimum atomic E-state index is 0.547. The average molecular weight is 194 g/mol. The van der Waals surface area contributed by atoms with Crippen LogP contribution in [0.2, 0.25) is 0 Å². The van der Waals surface area contributed by atoms with E-state index in [1.165, 1.54) is 0 Å². The Morgan fingerprint density at radius 2 is 2.21 bits per heavy atom. The first-order valence-electron chi connectivity index (χ1n) is 4.76. The van der Waals surface area contributed by atoms with Gasteiger partial charge in [0.15, 0.2) is 0 Å². The summed E-state index contributed by atoms with van der Waals surface area (Å²) in [5, 5.41) is 3.23. The molecule has 0 unspecified atom stereocenters. The molecule has 0 aromatic carbocycles. The van der Waals surface area contributed by atoms with Crippen LogP contribution >= 0.6 is 0 Å². The van der Waals surface area contributed by atoms with Gasteiger partial charge in [0.05, 0.1) is 0 Å². The summed E-state index contributed by atoms with van der Waals surface area (Å²) in [6.07, 6.45) is 1.80. The molecule has 1 rings (SSSR count). The lowest BCUT2D eigenvalue weighted by Gasteiger charge is -2.10. The average Bonchev–Trinajstić information content (AvgIpc) is 2.18. The zero-order chi connectivity index (χ0) is 10.4. The molecule has 0 fully saturated rings. The molecule has 0 saturated carbocycles. The van der Waals surface area contributed by atoms with E-state index in [1.807, 2.05) is 26.2 Å². The number of hydrogen-bond acceptors (Lipinski definition) is 4. The van der Waals surface area contributed by atoms with Crippen LogP contribution in [0, 0.1) is 0 Å². The fraction of sp³-hybridized carbons (Fsp3) is 0.500. The van der Waals surface area contributed by atoms with E-state index < -0.39 is 0 Å². The Morgan fingerprint density at radius 3 is 2.71 bits per heavy atom. The normalized spacial score (nSPS) is 10.6. The number of pyridine rings is 1. The molecule has 0 radical (unpaired) electrons. The number of nitrogens with two attached hydrogens (primary N) is 1. The first-order chi connectivity index (χ1) is 6.72. The molecule has 0 aliphatic rings. The predicted molar refractivity (Wildman–Crippen MR) is 59.2 cm³/mol. The van der Waals surface area contributed by atoms with Crippen LogP contribution in [0.25, 0.3) is 0 Å². The van der Waals surface area contributed by atoms with Crippen LogP contribution in [-0.2, 0) is 6.54 Å². The van der Waals surface area contributed by atoms with Gasteiger partial charge in [0, 0.05) is 25.8 Å². The van der Waals surface area contributed by atoms with Gasteiger partial charge in [-0.1, -0.05) is 6.07 Å². The van der Waals surface area contributed by atoms with Crippen LogP contribution in [0.3, 0.4) is 0 Å². The third kappa shape index (κ3) is 3.72. The fourth-order valence-corrected chi connectivity index (χ4v) is 1.06. The molecule has 0 bridgehead atoms. The van der Waals surface area contributed by atoms with E-state index >= 15 is 0 Å². The van der Waals surface area contributed by atoms with Crippen LogP contribution in [0.1, 0.15) is 5.56 Å². The summed E-state index contributed by atoms with van der Waals surface area (Å²) in [6.45, 7) is 2.45. The van der Waals surface area contributed by atoms with Crippen LogP contribution in [-0.4, -0.2) is 37.1 Å². The van der Waals surface area contributed by atoms with Gasteiger partial charge in [0.2, 0.25) is 0 Å². The molecule has 4 heteroatoms. The van der Waals surface area contributed by atoms with Gasteiger partial charge >= 0.3 is 0 Å². The molecule has 78 valence electrons. The lowest BCUT2D eigenvalue weighted by molar-refractivity contribution is 0.425. The standard InChI is InChI=1S/C10H18N4/c1-14(2)6-5-12-10-4-3-9(7-11)8-13-10/h3-4,8H,5-7,11H2,1-2H3,(H,12,13). The van der Waals surface area contributed by atoms with Crippen molar-refractivity contribution in [2.75, 3.05) is 32.5 Å². The highest BCUT2D eigenvalue weighted by molar-refractivity contribution is 5.35. The molecule has 1 aromatic rings. The summed E-state index contributed by atoms with van der Waals surface area (Å²) in [4.78, 5) is 6.36. The van der Waals surface area contributed by atoms with E-state index in [0.717, 1.165) is 24.5 Å². The number of likely N-dealkylation sites (N-methyl/N-ethyl adjacent to an activating group) is 1. The molecule has 0 amide bonds. The van der Waals surface area contributed by atoms with Crippen molar-refractivity contribution < 1.29 is 0 Å². The third-order valence-electron chi connectivity index (χ3n) is 1.93. The predicted octanol–water partition coefficient (Wildman–Crippen LogP) is 0.514. The summed E-state index contributed by atoms with van der Waals surface area (Å²) in [5.74, 6) is 0.907. The number of hydrogen-bond donors (Lipinski definition) is 2. The van der Waals surface area contributed by atoms with E-state index in [-0.39, 0.29) is 0 Å². The molecule has 0 atom stereocenters. The zero-order valence-corrected chi connectivity index (χ0v) is 8.83. The highest BCUT2D eigenvalue weighted by atomic mass is 15.1. The Balaban J connectivity index is 2.36. The lowest BCUT2D eigenvalue weighted by atomic mass is 10.3. The maximum atomic E-state index is 5.47. The molecule has 3 N–H and O–H groups in total. The molecule has 0 saturated heterocycles. The molecule has 14 heavy (non-hydrogen) atoms. The van der Waals surface area contributed by atoms with Gasteiger partial charge in [-0.05, 0) is 25.7 Å². The zero-order valence-electron chi connectivity index (χ0n) is 8.83. The SMILES string of the molecule is CN(C)CCNc1ccc(CN)cn1. The van der Waals surface area contributed by atoms with Gasteiger partial charge in [-0.25, -0.2) is 4.98 Å². The van der Waals surface area contributed by atoms with Crippen molar-refractivity contribution in [2.24, 2.45) is 5.73 Å². The van der Waals surface area contributed by atoms with Crippen molar-refractivity contribution in [3.8, 4) is 0 Å². The van der Waals surface area contributed by atoms with Crippen LogP contribution in [0.15, 0.2) is 18.3 Å². The largest absolute Gasteiger partial charge is 0.369 e. The molecule has 1 aromatic heterocycles. The van der Waals surface area contributed by atoms with E-state index in [2.05, 4.69) is 15.2 Å². The smallest absolute Gasteiger partial charge is 0.125 e. The minimum absolute atomic E-state index is 0.547. The van der Waals surface area contributed by atoms with E-state index in [9.17, 15) is 0 Å². The summed E-state index contributed by atoms with van der Waals surface area (Å²) < 4.78 is 0. The third-order valence-corrected chi connectivity index (χ3v) is 1.93. The maximum Gasteiger partial charge on any atom is 0.125 e. The molecule has 0 aliphatic heterocycles. The maximum absolute atomic E-state index is 5.47. The minimum Gasteiger partial charge on any atom is -0.369 e. The molecular formula is C10H18N4. The summed E-state index contributed by atoms with van der Waals surface area (Å²) in [5.41, 5.74) is 6.53. The second-order valence-electron chi connectivity index (χ2n) is 3.49. The van der Waals surface area contributed by atoms with Crippen LogP contribution in [0.4, 0.5) is 5.82 Å². The van der Waals surface area contributed by atoms with Crippen molar-refractivity contribution in [2.45, 2.75) is 6.54 Å². The monoisotopic (exact) mass is 194 g/mol. The first kappa shape index (κ1) is 10.9. The van der Waals surface area contributed by atoms with Gasteiger partial charge < -0.3 is 16.0 Å². The number of rotatable bonds is 5. The number of nitrogens with zero attached hydrogens (tertiary/aromatic N) is 2. The molecule has 4 nitrogen and oxygen atoms in total. The summed E-state index contributed by atoms with van der Waals surface area (Å²) >= 11 is 0. The number of nitrogens with one attached hydrogen (secondary N) is 1. The molecule has 1 heterocycles. The fourth-order valence-electron chi connectivity index (χ4n) is 1.06. The van der Waals surface area contributed by atoms with Gasteiger partial charge in [-0.15, -0.1) is 0 Å². The van der Waals surface area contributed by atoms with Gasteiger partial charge in [-0.3, -0.25) is 0 Å². The Kier molecular flexibility index (Phi) is 4.35. The van der Waals surface area contributed by atoms with Crippen LogP contribution < -0.4 is 11.1 Å². The van der Waals surface area contributed by atoms with Gasteiger partial charge in [0.25, 0.3) is 0 Å². The second-order valence-corrected chi connectivity index (χ2v) is 3.49. The van der Waals surface area contributed by atoms with E-state index in [0.29, 0.717) is 6.54 Å². The van der Waals surface area contributed by atoms with Gasteiger partial charge in [-0.2, -0.15) is 0 Å². The Labute approximate surface area is 85.1 Å². The highest BCUT2D eigenvalue weighted by Gasteiger charge is 1.94. The van der Waals surface area contributed by atoms with E-state index in [1.54, 1.807) is 6.20 Å². The van der Waals surface area contributed by atoms with Crippen molar-refractivity contribution in [3.05, 3.63) is 23.9 Å². The summed E-state index contributed by atoms with van der Waals surface area (Å²) in [6, 6.07) is 3.95. The number of aromatic nitrogens is 1. The first-order valence-corrected chi connectivity index (χ1v) is 4.76. The highest BCUT2D eigenvalue weighted by Crippen LogP contribution is 2.03. The Hall–Kier alpha value is -1.13. The number of anilines is 1. The lowest BCUT2D eigenvalue weighted by Crippen LogP contribution is -2.21.